The first-order valence-corrected chi connectivity index (χ1v) is 17.0. The summed E-state index contributed by atoms with van der Waals surface area (Å²) in [6.45, 7) is 4.49. The Morgan fingerprint density at radius 2 is 1.52 bits per heavy atom. The van der Waals surface area contributed by atoms with Crippen LogP contribution in [0.1, 0.15) is 60.7 Å². The second-order valence-electron chi connectivity index (χ2n) is 13.4. The highest BCUT2D eigenvalue weighted by atomic mass is 35.5. The fourth-order valence-corrected chi connectivity index (χ4v) is 5.36. The molecule has 52 heavy (non-hydrogen) atoms. The van der Waals surface area contributed by atoms with Crippen LogP contribution >= 0.6 is 11.6 Å². The van der Waals surface area contributed by atoms with Crippen molar-refractivity contribution in [2.75, 3.05) is 30.3 Å². The van der Waals surface area contributed by atoms with Crippen LogP contribution in [0.4, 0.5) is 30.8 Å². The van der Waals surface area contributed by atoms with Crippen LogP contribution < -0.4 is 26.0 Å². The van der Waals surface area contributed by atoms with Crippen LogP contribution in [-0.4, -0.2) is 58.4 Å². The van der Waals surface area contributed by atoms with Crippen molar-refractivity contribution in [3.05, 3.63) is 100 Å². The Kier molecular flexibility index (Phi) is 11.7. The lowest BCUT2D eigenvalue weighted by Crippen LogP contribution is -2.44. The average molecular weight is 738 g/mol. The number of benzene rings is 3. The summed E-state index contributed by atoms with van der Waals surface area (Å²) < 4.78 is 43.6. The molecule has 5 rings (SSSR count). The van der Waals surface area contributed by atoms with Crippen LogP contribution in [-0.2, 0) is 28.0 Å². The predicted octanol–water partition coefficient (Wildman–Crippen LogP) is 6.56. The van der Waals surface area contributed by atoms with Gasteiger partial charge in [0.05, 0.1) is 5.54 Å². The van der Waals surface area contributed by atoms with Gasteiger partial charge in [0, 0.05) is 35.8 Å². The number of carbonyl (C=O) groups excluding carboxylic acids is 3. The molecule has 0 unspecified atom stereocenters. The number of carbonyl (C=O) groups is 3. The number of nitrogens with one attached hydrogen (secondary N) is 4. The van der Waals surface area contributed by atoms with E-state index in [9.17, 15) is 27.6 Å². The maximum atomic E-state index is 12.9. The summed E-state index contributed by atoms with van der Waals surface area (Å²) in [5, 5.41) is 12.2. The van der Waals surface area contributed by atoms with Gasteiger partial charge in [-0.1, -0.05) is 68.8 Å². The number of ether oxygens (including phenoxy) is 1. The zero-order valence-electron chi connectivity index (χ0n) is 28.9. The van der Waals surface area contributed by atoms with Crippen molar-refractivity contribution >= 4 is 46.8 Å². The Bertz CT molecular complexity index is 1900. The minimum absolute atomic E-state index is 0.00501. The number of alkyl halides is 3. The fourth-order valence-electron chi connectivity index (χ4n) is 5.23. The van der Waals surface area contributed by atoms with Gasteiger partial charge in [-0.15, -0.1) is 0 Å². The number of nitrogens with zero attached hydrogens (tertiary/aromatic N) is 3. The first-order valence-electron chi connectivity index (χ1n) is 16.7. The highest BCUT2D eigenvalue weighted by molar-refractivity contribution is 6.36. The fraction of sp³-hybridized carbons (Fsp3) is 0.351. The molecule has 1 fully saturated rings. The quantitative estimate of drug-likeness (QED) is 0.0940. The third-order valence-corrected chi connectivity index (χ3v) is 8.61. The molecule has 4 N–H and O–H groups in total. The molecule has 1 heterocycles. The molecule has 3 aromatic carbocycles. The molecule has 2 amide bonds. The standard InChI is InChI=1S/C37H39ClF3N7O4/c1-4-23-6-5-7-24(18-23)19-29(49)31(51)43-21-35(2,3)20-42-30(50)25-8-14-28(15-9-25)44-32-45-33(47-34(46-32)52-22-37(39,40)41)48-36(16-17-36)26-10-12-27(38)13-11-26/h5-15,18H,4,16-17,19-22H2,1-3H3,(H,42,50)(H,43,51)(H2,44,45,46,47,48). The van der Waals surface area contributed by atoms with E-state index in [1.54, 1.807) is 36.4 Å². The third kappa shape index (κ3) is 10.9. The molecular formula is C37H39ClF3N7O4. The molecule has 15 heteroatoms. The predicted molar refractivity (Wildman–Crippen MR) is 191 cm³/mol. The van der Waals surface area contributed by atoms with Gasteiger partial charge in [0.2, 0.25) is 17.7 Å². The number of aromatic nitrogens is 3. The smallest absolute Gasteiger partial charge is 0.422 e. The van der Waals surface area contributed by atoms with Crippen molar-refractivity contribution in [1.29, 1.82) is 0 Å². The minimum atomic E-state index is -4.60. The van der Waals surface area contributed by atoms with Crippen molar-refractivity contribution in [3.63, 3.8) is 0 Å². The lowest BCUT2D eigenvalue weighted by Gasteiger charge is -2.25. The zero-order chi connectivity index (χ0) is 37.5. The summed E-state index contributed by atoms with van der Waals surface area (Å²) in [4.78, 5) is 50.4. The number of hydrogen-bond acceptors (Lipinski definition) is 9. The molecule has 0 aliphatic heterocycles. The van der Waals surface area contributed by atoms with Crippen LogP contribution in [0.2, 0.25) is 5.02 Å². The molecule has 274 valence electrons. The molecular weight excluding hydrogens is 699 g/mol. The van der Waals surface area contributed by atoms with E-state index in [0.717, 1.165) is 36.0 Å². The summed E-state index contributed by atoms with van der Waals surface area (Å²) in [7, 11) is 0. The van der Waals surface area contributed by atoms with Crippen molar-refractivity contribution < 1.29 is 32.3 Å². The van der Waals surface area contributed by atoms with Gasteiger partial charge in [-0.05, 0) is 77.8 Å². The summed E-state index contributed by atoms with van der Waals surface area (Å²) in [5.74, 6) is -1.65. The van der Waals surface area contributed by atoms with Crippen LogP contribution in [0.15, 0.2) is 72.8 Å². The molecule has 0 bridgehead atoms. The molecule has 0 saturated heterocycles. The van der Waals surface area contributed by atoms with Gasteiger partial charge in [-0.3, -0.25) is 14.4 Å². The van der Waals surface area contributed by atoms with Crippen molar-refractivity contribution in [3.8, 4) is 6.01 Å². The van der Waals surface area contributed by atoms with E-state index in [1.807, 2.05) is 57.2 Å². The molecule has 1 aliphatic carbocycles. The van der Waals surface area contributed by atoms with E-state index in [2.05, 4.69) is 36.2 Å². The van der Waals surface area contributed by atoms with E-state index in [0.29, 0.717) is 16.3 Å². The van der Waals surface area contributed by atoms with Gasteiger partial charge >= 0.3 is 12.2 Å². The van der Waals surface area contributed by atoms with E-state index in [1.165, 1.54) is 0 Å². The summed E-state index contributed by atoms with van der Waals surface area (Å²) >= 11 is 6.03. The normalized spacial score (nSPS) is 13.5. The van der Waals surface area contributed by atoms with Crippen LogP contribution in [0.5, 0.6) is 6.01 Å². The topological polar surface area (TPSA) is 147 Å². The van der Waals surface area contributed by atoms with E-state index in [-0.39, 0.29) is 37.3 Å². The van der Waals surface area contributed by atoms with Gasteiger partial charge in [0.1, 0.15) is 0 Å². The third-order valence-electron chi connectivity index (χ3n) is 8.35. The van der Waals surface area contributed by atoms with E-state index >= 15 is 0 Å². The highest BCUT2D eigenvalue weighted by Gasteiger charge is 2.45. The van der Waals surface area contributed by atoms with Crippen molar-refractivity contribution in [1.82, 2.24) is 25.6 Å². The monoisotopic (exact) mass is 737 g/mol. The van der Waals surface area contributed by atoms with Crippen molar-refractivity contribution in [2.24, 2.45) is 5.41 Å². The Morgan fingerprint density at radius 1 is 0.865 bits per heavy atom. The Labute approximate surface area is 304 Å². The summed E-state index contributed by atoms with van der Waals surface area (Å²) in [6.07, 6.45) is -2.29. The number of rotatable bonds is 16. The molecule has 0 atom stereocenters. The summed E-state index contributed by atoms with van der Waals surface area (Å²) in [6, 6.07) is 20.5. The molecule has 0 radical (unpaired) electrons. The number of hydrogen-bond donors (Lipinski definition) is 4. The maximum absolute atomic E-state index is 12.9. The van der Waals surface area contributed by atoms with Crippen molar-refractivity contribution in [2.45, 2.75) is 58.2 Å². The number of amides is 2. The number of anilines is 3. The first kappa shape index (κ1) is 38.0. The van der Waals surface area contributed by atoms with Gasteiger partial charge in [0.15, 0.2) is 6.61 Å². The van der Waals surface area contributed by atoms with Crippen LogP contribution in [0.25, 0.3) is 0 Å². The number of aryl methyl sites for hydroxylation is 1. The van der Waals surface area contributed by atoms with E-state index < -0.39 is 41.4 Å². The number of Topliss-reactive ketones (excluding diaryl/α,β-unsaturated/α-hetero) is 1. The van der Waals surface area contributed by atoms with Gasteiger partial charge < -0.3 is 26.0 Å². The van der Waals surface area contributed by atoms with Gasteiger partial charge in [-0.25, -0.2) is 0 Å². The molecule has 4 aromatic rings. The second kappa shape index (κ2) is 16.0. The molecule has 1 aromatic heterocycles. The maximum Gasteiger partial charge on any atom is 0.422 e. The zero-order valence-corrected chi connectivity index (χ0v) is 29.6. The molecule has 0 spiro atoms. The largest absolute Gasteiger partial charge is 0.454 e. The number of ketones is 1. The Hall–Kier alpha value is -5.24. The summed E-state index contributed by atoms with van der Waals surface area (Å²) in [5.41, 5.74) is 2.48. The highest BCUT2D eigenvalue weighted by Crippen LogP contribution is 2.48. The van der Waals surface area contributed by atoms with Crippen LogP contribution in [0.3, 0.4) is 0 Å². The van der Waals surface area contributed by atoms with Gasteiger partial charge in [0.25, 0.3) is 11.8 Å². The minimum Gasteiger partial charge on any atom is -0.454 e. The lowest BCUT2D eigenvalue weighted by molar-refractivity contribution is -0.154. The van der Waals surface area contributed by atoms with E-state index in [4.69, 9.17) is 16.3 Å². The number of halogens is 4. The first-order chi connectivity index (χ1) is 24.6. The Morgan fingerprint density at radius 3 is 2.17 bits per heavy atom. The second-order valence-corrected chi connectivity index (χ2v) is 13.8. The molecule has 1 aliphatic rings. The SMILES string of the molecule is CCc1cccc(CC(=O)C(=O)NCC(C)(C)CNC(=O)c2ccc(Nc3nc(NC4(c5ccc(Cl)cc5)CC4)nc(OCC(F)(F)F)n3)cc2)c1. The van der Waals surface area contributed by atoms with Crippen LogP contribution in [0, 0.1) is 5.41 Å². The lowest BCUT2D eigenvalue weighted by atomic mass is 9.93. The average Bonchev–Trinajstić information content (AvgIpc) is 3.89. The van der Waals surface area contributed by atoms with Gasteiger partial charge in [-0.2, -0.15) is 28.1 Å². The molecule has 11 nitrogen and oxygen atoms in total. The Balaban J connectivity index is 1.17. The molecule has 1 saturated carbocycles.